The van der Waals surface area contributed by atoms with Gasteiger partial charge < -0.3 is 0 Å². The van der Waals surface area contributed by atoms with E-state index in [-0.39, 0.29) is 1.43 Å². The van der Waals surface area contributed by atoms with Crippen LogP contribution in [0, 0.1) is 11.8 Å². The lowest BCUT2D eigenvalue weighted by Crippen LogP contribution is -2.09. The van der Waals surface area contributed by atoms with Gasteiger partial charge in [0.05, 0.1) is 0 Å². The molecule has 0 atom stereocenters. The van der Waals surface area contributed by atoms with Crippen molar-refractivity contribution in [3.8, 4) is 0 Å². The molecule has 0 aromatic carbocycles. The molecule has 1 saturated carbocycles. The molecule has 0 nitrogen and oxygen atoms in total. The molecule has 11 heavy (non-hydrogen) atoms. The Morgan fingerprint density at radius 1 is 1.18 bits per heavy atom. The predicted molar refractivity (Wildman–Crippen MR) is 54.8 cm³/mol. The van der Waals surface area contributed by atoms with Crippen LogP contribution in [-0.2, 0) is 0 Å². The van der Waals surface area contributed by atoms with Gasteiger partial charge in [0.1, 0.15) is 0 Å². The summed E-state index contributed by atoms with van der Waals surface area (Å²) in [6.45, 7) is 10.2. The van der Waals surface area contributed by atoms with Crippen LogP contribution in [-0.4, -0.2) is 0 Å². The van der Waals surface area contributed by atoms with E-state index in [1.807, 2.05) is 13.8 Å². The molecule has 1 rings (SSSR count). The van der Waals surface area contributed by atoms with Gasteiger partial charge in [0.2, 0.25) is 0 Å². The summed E-state index contributed by atoms with van der Waals surface area (Å²) in [6.07, 6.45) is 7.70. The van der Waals surface area contributed by atoms with Gasteiger partial charge in [-0.1, -0.05) is 39.7 Å². The van der Waals surface area contributed by atoms with Crippen LogP contribution in [0.25, 0.3) is 0 Å². The Hall–Kier alpha value is -0.260. The Morgan fingerprint density at radius 2 is 1.64 bits per heavy atom. The summed E-state index contributed by atoms with van der Waals surface area (Å²) in [6, 6.07) is 0. The van der Waals surface area contributed by atoms with Crippen molar-refractivity contribution in [2.45, 2.75) is 46.5 Å². The zero-order chi connectivity index (χ0) is 8.69. The van der Waals surface area contributed by atoms with Crippen molar-refractivity contribution in [3.63, 3.8) is 0 Å². The van der Waals surface area contributed by atoms with E-state index in [1.54, 1.807) is 0 Å². The van der Waals surface area contributed by atoms with Crippen LogP contribution in [0.5, 0.6) is 0 Å². The molecule has 0 aromatic heterocycles. The maximum atomic E-state index is 3.81. The molecule has 0 amide bonds. The van der Waals surface area contributed by atoms with Crippen molar-refractivity contribution in [1.29, 1.82) is 0 Å². The fourth-order valence-corrected chi connectivity index (χ4v) is 1.52. The molecular formula is C11H24. The molecule has 0 radical (unpaired) electrons. The normalized spacial score (nSPS) is 30.1. The third-order valence-corrected chi connectivity index (χ3v) is 2.39. The highest BCUT2D eigenvalue weighted by Gasteiger charge is 2.14. The fourth-order valence-electron chi connectivity index (χ4n) is 1.52. The zero-order valence-electron chi connectivity index (χ0n) is 8.27. The first-order valence-electron chi connectivity index (χ1n) is 4.95. The maximum absolute atomic E-state index is 3.81. The third-order valence-electron chi connectivity index (χ3n) is 2.39. The quantitative estimate of drug-likeness (QED) is 0.497. The molecule has 0 spiro atoms. The van der Waals surface area contributed by atoms with Crippen LogP contribution in [0.4, 0.5) is 0 Å². The van der Waals surface area contributed by atoms with E-state index in [2.05, 4.69) is 19.6 Å². The monoisotopic (exact) mass is 156 g/mol. The molecule has 0 N–H and O–H groups in total. The van der Waals surface area contributed by atoms with Crippen molar-refractivity contribution >= 4 is 0 Å². The van der Waals surface area contributed by atoms with Crippen LogP contribution in [0.3, 0.4) is 0 Å². The first kappa shape index (κ1) is 10.7. The lowest BCUT2D eigenvalue weighted by Gasteiger charge is -2.23. The summed E-state index contributed by atoms with van der Waals surface area (Å²) in [5, 5.41) is 0. The van der Waals surface area contributed by atoms with E-state index in [1.165, 1.54) is 25.7 Å². The fraction of sp³-hybridized carbons (Fsp3) is 0.818. The number of hydrogen-bond acceptors (Lipinski definition) is 0. The van der Waals surface area contributed by atoms with Gasteiger partial charge in [-0.3, -0.25) is 0 Å². The van der Waals surface area contributed by atoms with Crippen LogP contribution in [0.2, 0.25) is 0 Å². The molecule has 0 saturated heterocycles. The van der Waals surface area contributed by atoms with Crippen molar-refractivity contribution in [1.82, 2.24) is 0 Å². The largest absolute Gasteiger partial charge is 0.103 e. The standard InChI is InChI=1S/C9H16.C2H6.H2/c1-3-9-6-4-8(2)5-7-9;1-2;/h3,8-9H,1,4-7H2,2H3;1-2H3;1H. The summed E-state index contributed by atoms with van der Waals surface area (Å²) >= 11 is 0. The Kier molecular flexibility index (Phi) is 6.30. The molecule has 0 unspecified atom stereocenters. The molecular weight excluding hydrogens is 132 g/mol. The number of rotatable bonds is 1. The van der Waals surface area contributed by atoms with Crippen LogP contribution >= 0.6 is 0 Å². The summed E-state index contributed by atoms with van der Waals surface area (Å²) in [7, 11) is 0. The SMILES string of the molecule is C=CC1CCC(C)CC1.CC.[HH]. The maximum Gasteiger partial charge on any atom is 0 e. The lowest BCUT2D eigenvalue weighted by molar-refractivity contribution is 0.331. The second kappa shape index (κ2) is 6.45. The Bertz CT molecular complexity index is 91.2. The van der Waals surface area contributed by atoms with Gasteiger partial charge in [0.15, 0.2) is 0 Å². The van der Waals surface area contributed by atoms with E-state index in [0.29, 0.717) is 0 Å². The number of allylic oxidation sites excluding steroid dienone is 1. The van der Waals surface area contributed by atoms with Crippen molar-refractivity contribution in [2.24, 2.45) is 11.8 Å². The van der Waals surface area contributed by atoms with Crippen LogP contribution in [0.15, 0.2) is 12.7 Å². The van der Waals surface area contributed by atoms with Gasteiger partial charge >= 0.3 is 0 Å². The lowest BCUT2D eigenvalue weighted by atomic mass is 9.83. The molecule has 0 aliphatic heterocycles. The first-order chi connectivity index (χ1) is 5.33. The highest BCUT2D eigenvalue weighted by atomic mass is 14.2. The predicted octanol–water partition coefficient (Wildman–Crippen LogP) is 4.27. The minimum absolute atomic E-state index is 0. The van der Waals surface area contributed by atoms with Crippen LogP contribution < -0.4 is 0 Å². The molecule has 1 aliphatic carbocycles. The smallest absolute Gasteiger partial charge is 0 e. The third kappa shape index (κ3) is 4.23. The highest BCUT2D eigenvalue weighted by Crippen LogP contribution is 2.28. The van der Waals surface area contributed by atoms with Gasteiger partial charge in [0.25, 0.3) is 0 Å². The van der Waals surface area contributed by atoms with Crippen LogP contribution in [0.1, 0.15) is 47.9 Å². The van der Waals surface area contributed by atoms with E-state index in [9.17, 15) is 0 Å². The Morgan fingerprint density at radius 3 is 2.00 bits per heavy atom. The average Bonchev–Trinajstić information content (AvgIpc) is 2.10. The summed E-state index contributed by atoms with van der Waals surface area (Å²) in [5.41, 5.74) is 0. The van der Waals surface area contributed by atoms with E-state index < -0.39 is 0 Å². The molecule has 0 bridgehead atoms. The molecule has 0 aromatic rings. The van der Waals surface area contributed by atoms with E-state index in [0.717, 1.165) is 11.8 Å². The minimum Gasteiger partial charge on any atom is -0.103 e. The Labute approximate surface area is 73.2 Å². The van der Waals surface area contributed by atoms with Gasteiger partial charge in [-0.15, -0.1) is 6.58 Å². The van der Waals surface area contributed by atoms with Gasteiger partial charge in [-0.25, -0.2) is 0 Å². The molecule has 68 valence electrons. The highest BCUT2D eigenvalue weighted by molar-refractivity contribution is 4.82. The van der Waals surface area contributed by atoms with Crippen molar-refractivity contribution in [3.05, 3.63) is 12.7 Å². The topological polar surface area (TPSA) is 0 Å². The van der Waals surface area contributed by atoms with Gasteiger partial charge in [0, 0.05) is 1.43 Å². The van der Waals surface area contributed by atoms with Crippen molar-refractivity contribution < 1.29 is 1.43 Å². The minimum atomic E-state index is 0. The van der Waals surface area contributed by atoms with Crippen molar-refractivity contribution in [2.75, 3.05) is 0 Å². The second-order valence-corrected chi connectivity index (χ2v) is 3.26. The molecule has 1 aliphatic rings. The molecule has 0 heterocycles. The first-order valence-corrected chi connectivity index (χ1v) is 4.95. The molecule has 0 heteroatoms. The number of hydrogen-bond donors (Lipinski definition) is 0. The van der Waals surface area contributed by atoms with E-state index in [4.69, 9.17) is 0 Å². The summed E-state index contributed by atoms with van der Waals surface area (Å²) < 4.78 is 0. The summed E-state index contributed by atoms with van der Waals surface area (Å²) in [4.78, 5) is 0. The van der Waals surface area contributed by atoms with E-state index >= 15 is 0 Å². The molecule has 1 fully saturated rings. The van der Waals surface area contributed by atoms with Gasteiger partial charge in [-0.05, 0) is 24.7 Å². The average molecular weight is 156 g/mol. The zero-order valence-corrected chi connectivity index (χ0v) is 8.27. The second-order valence-electron chi connectivity index (χ2n) is 3.26. The Balaban J connectivity index is 0. The van der Waals surface area contributed by atoms with Gasteiger partial charge in [-0.2, -0.15) is 0 Å². The summed E-state index contributed by atoms with van der Waals surface area (Å²) in [5.74, 6) is 1.81.